The number of aromatic nitrogens is 2. The van der Waals surface area contributed by atoms with Gasteiger partial charge in [0.2, 0.25) is 0 Å². The summed E-state index contributed by atoms with van der Waals surface area (Å²) in [4.78, 5) is 10.7. The highest BCUT2D eigenvalue weighted by Gasteiger charge is 2.04. The molecule has 2 aromatic heterocycles. The second-order valence-electron chi connectivity index (χ2n) is 6.39. The van der Waals surface area contributed by atoms with Crippen LogP contribution in [-0.2, 0) is 13.0 Å². The molecule has 0 spiro atoms. The predicted octanol–water partition coefficient (Wildman–Crippen LogP) is 3.66. The number of rotatable bonds is 7. The zero-order valence-electron chi connectivity index (χ0n) is 16.2. The molecule has 1 aromatic carbocycles. The van der Waals surface area contributed by atoms with Crippen molar-refractivity contribution in [1.82, 2.24) is 20.0 Å². The molecule has 0 amide bonds. The Labute approximate surface area is 165 Å². The minimum absolute atomic E-state index is 0.667. The van der Waals surface area contributed by atoms with E-state index in [4.69, 9.17) is 4.99 Å². The maximum Gasteiger partial charge on any atom is 0.191 e. The third-order valence-electron chi connectivity index (χ3n) is 4.28. The summed E-state index contributed by atoms with van der Waals surface area (Å²) in [6.45, 7) is 6.50. The average Bonchev–Trinajstić information content (AvgIpc) is 3.09. The fraction of sp³-hybridized carbons (Fsp3) is 0.333. The molecule has 3 aromatic rings. The summed E-state index contributed by atoms with van der Waals surface area (Å²) in [5, 5.41) is 6.74. The van der Waals surface area contributed by atoms with Crippen molar-refractivity contribution < 1.29 is 0 Å². The number of aryl methyl sites for hydroxylation is 1. The van der Waals surface area contributed by atoms with Crippen LogP contribution < -0.4 is 10.6 Å². The molecule has 3 rings (SSSR count). The number of fused-ring (bicyclic) bond motifs is 1. The number of nitrogens with zero attached hydrogens (tertiary/aromatic N) is 3. The molecule has 0 bridgehead atoms. The highest BCUT2D eigenvalue weighted by atomic mass is 32.2. The first-order valence-corrected chi connectivity index (χ1v) is 10.5. The summed E-state index contributed by atoms with van der Waals surface area (Å²) in [6, 6.07) is 12.6. The SMILES string of the molecule is CCNC(=NCc1ccc(C)cc1SC)NCCc1cn2ccccc2n1. The Balaban J connectivity index is 1.60. The molecular weight excluding hydrogens is 354 g/mol. The second-order valence-corrected chi connectivity index (χ2v) is 7.23. The van der Waals surface area contributed by atoms with Gasteiger partial charge in [0.1, 0.15) is 5.65 Å². The van der Waals surface area contributed by atoms with E-state index < -0.39 is 0 Å². The summed E-state index contributed by atoms with van der Waals surface area (Å²) < 4.78 is 2.05. The maximum atomic E-state index is 4.75. The maximum absolute atomic E-state index is 4.75. The van der Waals surface area contributed by atoms with Crippen molar-refractivity contribution >= 4 is 23.4 Å². The van der Waals surface area contributed by atoms with Gasteiger partial charge >= 0.3 is 0 Å². The molecule has 0 aliphatic carbocycles. The Kier molecular flexibility index (Phi) is 6.76. The largest absolute Gasteiger partial charge is 0.357 e. The van der Waals surface area contributed by atoms with Gasteiger partial charge in [-0.25, -0.2) is 9.98 Å². The first kappa shape index (κ1) is 19.3. The molecule has 0 saturated carbocycles. The molecule has 2 N–H and O–H groups in total. The zero-order chi connectivity index (χ0) is 19.1. The summed E-state index contributed by atoms with van der Waals surface area (Å²) in [6.07, 6.45) is 7.07. The molecular formula is C21H27N5S. The number of pyridine rings is 1. The van der Waals surface area contributed by atoms with Crippen molar-refractivity contribution in [3.63, 3.8) is 0 Å². The van der Waals surface area contributed by atoms with Gasteiger partial charge in [-0.1, -0.05) is 18.2 Å². The number of thioether (sulfide) groups is 1. The number of hydrogen-bond acceptors (Lipinski definition) is 3. The zero-order valence-corrected chi connectivity index (χ0v) is 17.0. The molecule has 5 nitrogen and oxygen atoms in total. The Hall–Kier alpha value is -2.47. The van der Waals surface area contributed by atoms with E-state index in [0.717, 1.165) is 36.8 Å². The van der Waals surface area contributed by atoms with E-state index in [0.29, 0.717) is 6.54 Å². The van der Waals surface area contributed by atoms with Gasteiger partial charge in [0.05, 0.1) is 12.2 Å². The Bertz CT molecular complexity index is 883. The lowest BCUT2D eigenvalue weighted by atomic mass is 10.1. The van der Waals surface area contributed by atoms with E-state index in [1.54, 1.807) is 11.8 Å². The number of aliphatic imine (C=N–C) groups is 1. The normalized spacial score (nSPS) is 11.7. The van der Waals surface area contributed by atoms with E-state index in [1.165, 1.54) is 16.0 Å². The molecule has 2 heterocycles. The minimum Gasteiger partial charge on any atom is -0.357 e. The Morgan fingerprint density at radius 3 is 2.89 bits per heavy atom. The van der Waals surface area contributed by atoms with Crippen LogP contribution in [0.5, 0.6) is 0 Å². The van der Waals surface area contributed by atoms with Crippen LogP contribution in [0.1, 0.15) is 23.7 Å². The van der Waals surface area contributed by atoms with Crippen molar-refractivity contribution in [3.8, 4) is 0 Å². The van der Waals surface area contributed by atoms with E-state index in [-0.39, 0.29) is 0 Å². The van der Waals surface area contributed by atoms with Gasteiger partial charge < -0.3 is 15.0 Å². The van der Waals surface area contributed by atoms with Gasteiger partial charge in [0, 0.05) is 36.8 Å². The molecule has 27 heavy (non-hydrogen) atoms. The van der Waals surface area contributed by atoms with Gasteiger partial charge in [0.15, 0.2) is 5.96 Å². The standard InChI is InChI=1S/C21H27N5S/c1-4-22-21(24-14-17-9-8-16(2)13-19(17)27-3)23-11-10-18-15-26-12-6-5-7-20(26)25-18/h5-9,12-13,15H,4,10-11,14H2,1-3H3,(H2,22,23,24). The third-order valence-corrected chi connectivity index (χ3v) is 5.10. The van der Waals surface area contributed by atoms with Crippen LogP contribution in [0.3, 0.4) is 0 Å². The van der Waals surface area contributed by atoms with Crippen LogP contribution in [0.25, 0.3) is 5.65 Å². The van der Waals surface area contributed by atoms with Crippen LogP contribution in [0.15, 0.2) is 58.7 Å². The minimum atomic E-state index is 0.667. The van der Waals surface area contributed by atoms with Crippen molar-refractivity contribution in [1.29, 1.82) is 0 Å². The molecule has 0 aliphatic heterocycles. The Morgan fingerprint density at radius 1 is 1.22 bits per heavy atom. The van der Waals surface area contributed by atoms with E-state index in [9.17, 15) is 0 Å². The van der Waals surface area contributed by atoms with Gasteiger partial charge in [-0.05, 0) is 49.4 Å². The van der Waals surface area contributed by atoms with Crippen LogP contribution in [0.2, 0.25) is 0 Å². The van der Waals surface area contributed by atoms with Crippen molar-refractivity contribution in [2.45, 2.75) is 31.7 Å². The summed E-state index contributed by atoms with van der Waals surface area (Å²) >= 11 is 1.77. The van der Waals surface area contributed by atoms with Crippen molar-refractivity contribution in [2.75, 3.05) is 19.3 Å². The highest BCUT2D eigenvalue weighted by molar-refractivity contribution is 7.98. The average molecular weight is 382 g/mol. The molecule has 0 saturated heterocycles. The first-order chi connectivity index (χ1) is 13.2. The number of guanidine groups is 1. The molecule has 0 fully saturated rings. The van der Waals surface area contributed by atoms with Gasteiger partial charge in [-0.3, -0.25) is 0 Å². The van der Waals surface area contributed by atoms with E-state index in [2.05, 4.69) is 64.5 Å². The third kappa shape index (κ3) is 5.26. The van der Waals surface area contributed by atoms with E-state index in [1.807, 2.05) is 24.4 Å². The van der Waals surface area contributed by atoms with Gasteiger partial charge in [-0.15, -0.1) is 11.8 Å². The summed E-state index contributed by atoms with van der Waals surface area (Å²) in [5.74, 6) is 0.842. The molecule has 0 radical (unpaired) electrons. The second kappa shape index (κ2) is 9.46. The van der Waals surface area contributed by atoms with Crippen molar-refractivity contribution in [3.05, 3.63) is 65.6 Å². The van der Waals surface area contributed by atoms with E-state index >= 15 is 0 Å². The lowest BCUT2D eigenvalue weighted by molar-refractivity contribution is 0.790. The molecule has 0 atom stereocenters. The number of benzene rings is 1. The Morgan fingerprint density at radius 2 is 2.11 bits per heavy atom. The van der Waals surface area contributed by atoms with Gasteiger partial charge in [0.25, 0.3) is 0 Å². The van der Waals surface area contributed by atoms with Crippen LogP contribution >= 0.6 is 11.8 Å². The lowest BCUT2D eigenvalue weighted by Gasteiger charge is -2.12. The first-order valence-electron chi connectivity index (χ1n) is 9.28. The molecule has 0 aliphatic rings. The predicted molar refractivity (Wildman–Crippen MR) is 115 cm³/mol. The quantitative estimate of drug-likeness (QED) is 0.373. The van der Waals surface area contributed by atoms with Crippen molar-refractivity contribution in [2.24, 2.45) is 4.99 Å². The summed E-state index contributed by atoms with van der Waals surface area (Å²) in [5.41, 5.74) is 4.60. The number of hydrogen-bond donors (Lipinski definition) is 2. The summed E-state index contributed by atoms with van der Waals surface area (Å²) in [7, 11) is 0. The monoisotopic (exact) mass is 381 g/mol. The fourth-order valence-electron chi connectivity index (χ4n) is 2.90. The van der Waals surface area contributed by atoms with Gasteiger partial charge in [-0.2, -0.15) is 0 Å². The highest BCUT2D eigenvalue weighted by Crippen LogP contribution is 2.22. The fourth-order valence-corrected chi connectivity index (χ4v) is 3.60. The molecule has 142 valence electrons. The lowest BCUT2D eigenvalue weighted by Crippen LogP contribution is -2.38. The van der Waals surface area contributed by atoms with Crippen LogP contribution in [-0.4, -0.2) is 34.7 Å². The molecule has 6 heteroatoms. The van der Waals surface area contributed by atoms with Crippen LogP contribution in [0, 0.1) is 6.92 Å². The van der Waals surface area contributed by atoms with Crippen LogP contribution in [0.4, 0.5) is 0 Å². The molecule has 0 unspecified atom stereocenters. The number of imidazole rings is 1. The topological polar surface area (TPSA) is 53.7 Å². The smallest absolute Gasteiger partial charge is 0.191 e. The number of nitrogens with one attached hydrogen (secondary N) is 2.